The van der Waals surface area contributed by atoms with Gasteiger partial charge in [-0.3, -0.25) is 9.59 Å². The number of aromatic nitrogens is 3. The first-order chi connectivity index (χ1) is 12.5. The van der Waals surface area contributed by atoms with E-state index in [1.54, 1.807) is 28.8 Å². The Hall–Kier alpha value is -2.29. The number of aryl methyl sites for hydroxylation is 3. The summed E-state index contributed by atoms with van der Waals surface area (Å²) in [6.45, 7) is 6.01. The zero-order valence-electron chi connectivity index (χ0n) is 15.3. The van der Waals surface area contributed by atoms with Crippen molar-refractivity contribution in [3.8, 4) is 0 Å². The molecule has 9 heteroatoms. The number of thioether (sulfide) groups is 1. The SMILES string of the molecule is Cc1cc(C(=O)N2CCCN(C(=O)CSc3nncn3C)CC2)c(C)o1. The summed E-state index contributed by atoms with van der Waals surface area (Å²) in [5.74, 6) is 1.73. The highest BCUT2D eigenvalue weighted by atomic mass is 32.2. The lowest BCUT2D eigenvalue weighted by Crippen LogP contribution is -2.38. The van der Waals surface area contributed by atoms with E-state index in [0.717, 1.165) is 17.3 Å². The van der Waals surface area contributed by atoms with Crippen molar-refractivity contribution < 1.29 is 14.0 Å². The van der Waals surface area contributed by atoms with E-state index in [9.17, 15) is 9.59 Å². The summed E-state index contributed by atoms with van der Waals surface area (Å²) in [4.78, 5) is 28.8. The Balaban J connectivity index is 1.56. The second-order valence-corrected chi connectivity index (χ2v) is 7.31. The van der Waals surface area contributed by atoms with Crippen LogP contribution in [0.2, 0.25) is 0 Å². The molecule has 8 nitrogen and oxygen atoms in total. The van der Waals surface area contributed by atoms with Gasteiger partial charge in [0, 0.05) is 33.2 Å². The van der Waals surface area contributed by atoms with E-state index in [-0.39, 0.29) is 11.8 Å². The summed E-state index contributed by atoms with van der Waals surface area (Å²) in [5.41, 5.74) is 0.611. The van der Waals surface area contributed by atoms with Crippen LogP contribution >= 0.6 is 11.8 Å². The van der Waals surface area contributed by atoms with Crippen LogP contribution in [0.15, 0.2) is 22.0 Å². The Morgan fingerprint density at radius 2 is 1.92 bits per heavy atom. The van der Waals surface area contributed by atoms with Crippen molar-refractivity contribution in [3.63, 3.8) is 0 Å². The quantitative estimate of drug-likeness (QED) is 0.751. The molecule has 0 bridgehead atoms. The Kier molecular flexibility index (Phi) is 5.65. The molecule has 0 saturated carbocycles. The van der Waals surface area contributed by atoms with Gasteiger partial charge in [0.2, 0.25) is 5.91 Å². The molecule has 1 aliphatic heterocycles. The minimum atomic E-state index is -0.0258. The van der Waals surface area contributed by atoms with Gasteiger partial charge in [0.1, 0.15) is 17.8 Å². The highest BCUT2D eigenvalue weighted by Gasteiger charge is 2.25. The number of rotatable bonds is 4. The van der Waals surface area contributed by atoms with Crippen molar-refractivity contribution in [3.05, 3.63) is 29.5 Å². The van der Waals surface area contributed by atoms with Gasteiger partial charge in [0.15, 0.2) is 5.16 Å². The molecular formula is C17H23N5O3S. The molecule has 3 heterocycles. The van der Waals surface area contributed by atoms with E-state index < -0.39 is 0 Å². The maximum Gasteiger partial charge on any atom is 0.257 e. The third-order valence-corrected chi connectivity index (χ3v) is 5.42. The number of furan rings is 1. The molecule has 1 fully saturated rings. The number of hydrogen-bond donors (Lipinski definition) is 0. The van der Waals surface area contributed by atoms with Crippen LogP contribution in [-0.4, -0.2) is 68.3 Å². The van der Waals surface area contributed by atoms with Crippen molar-refractivity contribution >= 4 is 23.6 Å². The van der Waals surface area contributed by atoms with Crippen molar-refractivity contribution in [2.45, 2.75) is 25.4 Å². The van der Waals surface area contributed by atoms with Gasteiger partial charge in [-0.1, -0.05) is 11.8 Å². The molecule has 0 unspecified atom stereocenters. The molecule has 0 aliphatic carbocycles. The molecule has 2 amide bonds. The molecule has 0 aromatic carbocycles. The molecule has 0 radical (unpaired) electrons. The smallest absolute Gasteiger partial charge is 0.257 e. The van der Waals surface area contributed by atoms with Crippen LogP contribution in [0.4, 0.5) is 0 Å². The predicted octanol–water partition coefficient (Wildman–Crippen LogP) is 1.49. The largest absolute Gasteiger partial charge is 0.466 e. The lowest BCUT2D eigenvalue weighted by atomic mass is 10.2. The third kappa shape index (κ3) is 4.09. The normalized spacial score (nSPS) is 15.2. The maximum absolute atomic E-state index is 12.7. The molecule has 0 atom stereocenters. The van der Waals surface area contributed by atoms with E-state index >= 15 is 0 Å². The summed E-state index contributed by atoms with van der Waals surface area (Å²) in [6, 6.07) is 1.78. The fraction of sp³-hybridized carbons (Fsp3) is 0.529. The summed E-state index contributed by atoms with van der Waals surface area (Å²) >= 11 is 1.38. The molecule has 26 heavy (non-hydrogen) atoms. The fourth-order valence-electron chi connectivity index (χ4n) is 3.00. The lowest BCUT2D eigenvalue weighted by Gasteiger charge is -2.22. The van der Waals surface area contributed by atoms with Crippen LogP contribution < -0.4 is 0 Å². The van der Waals surface area contributed by atoms with Crippen LogP contribution in [0.3, 0.4) is 0 Å². The second-order valence-electron chi connectivity index (χ2n) is 6.37. The summed E-state index contributed by atoms with van der Waals surface area (Å²) in [7, 11) is 1.85. The Morgan fingerprint density at radius 1 is 1.19 bits per heavy atom. The molecule has 2 aromatic heterocycles. The first kappa shape index (κ1) is 18.5. The van der Waals surface area contributed by atoms with E-state index in [0.29, 0.717) is 43.3 Å². The number of nitrogens with zero attached hydrogens (tertiary/aromatic N) is 5. The standard InChI is InChI=1S/C17H23N5O3S/c1-12-9-14(13(2)25-12)16(24)22-6-4-5-21(7-8-22)15(23)10-26-17-19-18-11-20(17)3/h9,11H,4-8,10H2,1-3H3. The van der Waals surface area contributed by atoms with Crippen molar-refractivity contribution in [1.82, 2.24) is 24.6 Å². The first-order valence-electron chi connectivity index (χ1n) is 8.56. The fourth-order valence-corrected chi connectivity index (χ4v) is 3.80. The monoisotopic (exact) mass is 377 g/mol. The average molecular weight is 377 g/mol. The number of hydrogen-bond acceptors (Lipinski definition) is 6. The van der Waals surface area contributed by atoms with Crippen LogP contribution in [0.25, 0.3) is 0 Å². The predicted molar refractivity (Wildman–Crippen MR) is 97.0 cm³/mol. The van der Waals surface area contributed by atoms with Gasteiger partial charge in [0.25, 0.3) is 5.91 Å². The van der Waals surface area contributed by atoms with Crippen molar-refractivity contribution in [1.29, 1.82) is 0 Å². The minimum Gasteiger partial charge on any atom is -0.466 e. The summed E-state index contributed by atoms with van der Waals surface area (Å²) < 4.78 is 7.25. The van der Waals surface area contributed by atoms with Gasteiger partial charge >= 0.3 is 0 Å². The van der Waals surface area contributed by atoms with Gasteiger partial charge in [-0.25, -0.2) is 0 Å². The van der Waals surface area contributed by atoms with Crippen LogP contribution in [0, 0.1) is 13.8 Å². The molecule has 140 valence electrons. The minimum absolute atomic E-state index is 0.0258. The van der Waals surface area contributed by atoms with E-state index in [2.05, 4.69) is 10.2 Å². The van der Waals surface area contributed by atoms with Crippen LogP contribution in [0.5, 0.6) is 0 Å². The summed E-state index contributed by atoms with van der Waals surface area (Å²) in [6.07, 6.45) is 2.38. The zero-order valence-corrected chi connectivity index (χ0v) is 16.1. The maximum atomic E-state index is 12.7. The molecule has 1 aliphatic rings. The van der Waals surface area contributed by atoms with Crippen molar-refractivity contribution in [2.75, 3.05) is 31.9 Å². The zero-order chi connectivity index (χ0) is 18.7. The van der Waals surface area contributed by atoms with Gasteiger partial charge in [-0.15, -0.1) is 10.2 Å². The average Bonchev–Trinajstić information content (AvgIpc) is 3.06. The van der Waals surface area contributed by atoms with E-state index in [4.69, 9.17) is 4.42 Å². The Bertz CT molecular complexity index is 800. The highest BCUT2D eigenvalue weighted by Crippen LogP contribution is 2.18. The van der Waals surface area contributed by atoms with Gasteiger partial charge in [-0.05, 0) is 26.3 Å². The number of amides is 2. The third-order valence-electron chi connectivity index (χ3n) is 4.40. The molecule has 0 N–H and O–H groups in total. The summed E-state index contributed by atoms with van der Waals surface area (Å²) in [5, 5.41) is 8.50. The lowest BCUT2D eigenvalue weighted by molar-refractivity contribution is -0.128. The molecule has 0 spiro atoms. The van der Waals surface area contributed by atoms with Crippen molar-refractivity contribution in [2.24, 2.45) is 7.05 Å². The van der Waals surface area contributed by atoms with Crippen LogP contribution in [-0.2, 0) is 11.8 Å². The first-order valence-corrected chi connectivity index (χ1v) is 9.55. The number of carbonyl (C=O) groups excluding carboxylic acids is 2. The van der Waals surface area contributed by atoms with E-state index in [1.807, 2.05) is 18.9 Å². The Labute approximate surface area is 156 Å². The van der Waals surface area contributed by atoms with Gasteiger partial charge in [-0.2, -0.15) is 0 Å². The highest BCUT2D eigenvalue weighted by molar-refractivity contribution is 7.99. The van der Waals surface area contributed by atoms with Gasteiger partial charge < -0.3 is 18.8 Å². The Morgan fingerprint density at radius 3 is 2.58 bits per heavy atom. The van der Waals surface area contributed by atoms with Gasteiger partial charge in [0.05, 0.1) is 11.3 Å². The van der Waals surface area contributed by atoms with Crippen LogP contribution in [0.1, 0.15) is 28.3 Å². The second kappa shape index (κ2) is 7.94. The number of carbonyl (C=O) groups is 2. The molecule has 1 saturated heterocycles. The molecular weight excluding hydrogens is 354 g/mol. The topological polar surface area (TPSA) is 84.5 Å². The molecule has 2 aromatic rings. The molecule has 3 rings (SSSR count). The van der Waals surface area contributed by atoms with E-state index in [1.165, 1.54) is 11.8 Å².